The van der Waals surface area contributed by atoms with E-state index < -0.39 is 0 Å². The van der Waals surface area contributed by atoms with E-state index in [9.17, 15) is 9.59 Å². The number of morpholine rings is 1. The molecule has 2 aromatic rings. The molecule has 2 amide bonds. The molecule has 0 radical (unpaired) electrons. The average molecular weight is 339 g/mol. The molecule has 0 unspecified atom stereocenters. The smallest absolute Gasteiger partial charge is 0.255 e. The third-order valence-electron chi connectivity index (χ3n) is 4.14. The first-order chi connectivity index (χ1) is 12.1. The summed E-state index contributed by atoms with van der Waals surface area (Å²) < 4.78 is 5.27. The second-order valence-corrected chi connectivity index (χ2v) is 6.01. The van der Waals surface area contributed by atoms with Gasteiger partial charge in [-0.3, -0.25) is 14.6 Å². The summed E-state index contributed by atoms with van der Waals surface area (Å²) in [5, 5.41) is 0. The normalized spacial score (nSPS) is 14.2. The Kier molecular flexibility index (Phi) is 5.40. The van der Waals surface area contributed by atoms with Gasteiger partial charge in [0.2, 0.25) is 0 Å². The topological polar surface area (TPSA) is 62.7 Å². The van der Waals surface area contributed by atoms with Crippen LogP contribution < -0.4 is 0 Å². The molecular formula is C19H21N3O3. The molecule has 6 nitrogen and oxygen atoms in total. The average Bonchev–Trinajstić information content (AvgIpc) is 2.68. The second-order valence-electron chi connectivity index (χ2n) is 6.01. The fourth-order valence-corrected chi connectivity index (χ4v) is 2.77. The van der Waals surface area contributed by atoms with E-state index in [1.54, 1.807) is 22.9 Å². The highest BCUT2D eigenvalue weighted by atomic mass is 16.5. The highest BCUT2D eigenvalue weighted by molar-refractivity contribution is 5.99. The van der Waals surface area contributed by atoms with Crippen LogP contribution in [0.4, 0.5) is 0 Å². The maximum Gasteiger partial charge on any atom is 0.255 e. The van der Waals surface area contributed by atoms with E-state index in [1.165, 1.54) is 12.4 Å². The number of hydrogen-bond acceptors (Lipinski definition) is 4. The molecule has 1 aliphatic rings. The highest BCUT2D eigenvalue weighted by Gasteiger charge is 2.20. The third-order valence-corrected chi connectivity index (χ3v) is 4.14. The number of carbonyl (C=O) groups is 2. The quantitative estimate of drug-likeness (QED) is 0.852. The Morgan fingerprint density at radius 2 is 1.80 bits per heavy atom. The molecule has 6 heteroatoms. The first kappa shape index (κ1) is 17.1. The number of amides is 2. The molecule has 0 atom stereocenters. The van der Waals surface area contributed by atoms with Crippen LogP contribution in [0.5, 0.6) is 0 Å². The van der Waals surface area contributed by atoms with Gasteiger partial charge in [-0.2, -0.15) is 0 Å². The number of rotatable bonds is 4. The van der Waals surface area contributed by atoms with Crippen LogP contribution in [0.2, 0.25) is 0 Å². The van der Waals surface area contributed by atoms with Gasteiger partial charge in [-0.25, -0.2) is 0 Å². The molecular weight excluding hydrogens is 318 g/mol. The summed E-state index contributed by atoms with van der Waals surface area (Å²) in [6, 6.07) is 11.4. The Labute approximate surface area is 147 Å². The molecule has 0 spiro atoms. The number of benzene rings is 1. The molecule has 0 saturated carbocycles. The lowest BCUT2D eigenvalue weighted by Gasteiger charge is -2.27. The Morgan fingerprint density at radius 1 is 1.12 bits per heavy atom. The number of ether oxygens (including phenoxy) is 1. The van der Waals surface area contributed by atoms with E-state index >= 15 is 0 Å². The maximum absolute atomic E-state index is 12.6. The summed E-state index contributed by atoms with van der Waals surface area (Å²) in [6.45, 7) is 2.70. The van der Waals surface area contributed by atoms with Crippen LogP contribution in [0.3, 0.4) is 0 Å². The van der Waals surface area contributed by atoms with Crippen molar-refractivity contribution in [3.05, 3.63) is 65.5 Å². The summed E-state index contributed by atoms with van der Waals surface area (Å²) in [5.41, 5.74) is 1.89. The zero-order valence-electron chi connectivity index (χ0n) is 14.2. The largest absolute Gasteiger partial charge is 0.378 e. The van der Waals surface area contributed by atoms with E-state index in [-0.39, 0.29) is 11.8 Å². The van der Waals surface area contributed by atoms with Crippen LogP contribution in [0.25, 0.3) is 0 Å². The van der Waals surface area contributed by atoms with Crippen LogP contribution >= 0.6 is 0 Å². The number of hydrogen-bond donors (Lipinski definition) is 0. The van der Waals surface area contributed by atoms with Gasteiger partial charge in [-0.1, -0.05) is 30.3 Å². The maximum atomic E-state index is 12.6. The van der Waals surface area contributed by atoms with Crippen molar-refractivity contribution in [2.45, 2.75) is 6.54 Å². The van der Waals surface area contributed by atoms with Gasteiger partial charge in [-0.05, 0) is 11.6 Å². The van der Waals surface area contributed by atoms with Gasteiger partial charge in [0.05, 0.1) is 24.3 Å². The molecule has 0 aliphatic carbocycles. The van der Waals surface area contributed by atoms with Crippen molar-refractivity contribution < 1.29 is 14.3 Å². The predicted molar refractivity (Wildman–Crippen MR) is 93.2 cm³/mol. The lowest BCUT2D eigenvalue weighted by Crippen LogP contribution is -2.40. The molecule has 130 valence electrons. The van der Waals surface area contributed by atoms with Gasteiger partial charge in [0.15, 0.2) is 0 Å². The molecule has 1 saturated heterocycles. The van der Waals surface area contributed by atoms with Gasteiger partial charge in [0, 0.05) is 39.1 Å². The molecule has 25 heavy (non-hydrogen) atoms. The minimum absolute atomic E-state index is 0.115. The van der Waals surface area contributed by atoms with E-state index in [2.05, 4.69) is 4.98 Å². The van der Waals surface area contributed by atoms with Crippen molar-refractivity contribution >= 4 is 11.8 Å². The molecule has 0 N–H and O–H groups in total. The van der Waals surface area contributed by atoms with Crippen LogP contribution in [0.15, 0.2) is 48.8 Å². The Morgan fingerprint density at radius 3 is 2.52 bits per heavy atom. The van der Waals surface area contributed by atoms with Crippen molar-refractivity contribution in [3.63, 3.8) is 0 Å². The van der Waals surface area contributed by atoms with Gasteiger partial charge in [-0.15, -0.1) is 0 Å². The monoisotopic (exact) mass is 339 g/mol. The molecule has 0 bridgehead atoms. The molecule has 1 aromatic carbocycles. The Balaban J connectivity index is 1.71. The van der Waals surface area contributed by atoms with Gasteiger partial charge < -0.3 is 14.5 Å². The van der Waals surface area contributed by atoms with Crippen molar-refractivity contribution in [2.24, 2.45) is 0 Å². The molecule has 1 fully saturated rings. The van der Waals surface area contributed by atoms with E-state index in [4.69, 9.17) is 4.74 Å². The number of nitrogens with zero attached hydrogens (tertiary/aromatic N) is 3. The lowest BCUT2D eigenvalue weighted by molar-refractivity contribution is 0.0302. The third kappa shape index (κ3) is 4.22. The van der Waals surface area contributed by atoms with E-state index in [0.717, 1.165) is 5.56 Å². The molecule has 2 heterocycles. The fourth-order valence-electron chi connectivity index (χ4n) is 2.77. The SMILES string of the molecule is CN(Cc1ccccc1)C(=O)c1cncc(C(=O)N2CCOCC2)c1. The summed E-state index contributed by atoms with van der Waals surface area (Å²) in [4.78, 5) is 32.6. The van der Waals surface area contributed by atoms with Crippen LogP contribution in [0, 0.1) is 0 Å². The van der Waals surface area contributed by atoms with Gasteiger partial charge in [0.1, 0.15) is 0 Å². The summed E-state index contributed by atoms with van der Waals surface area (Å²) >= 11 is 0. The summed E-state index contributed by atoms with van der Waals surface area (Å²) in [6.07, 6.45) is 3.01. The fraction of sp³-hybridized carbons (Fsp3) is 0.316. The lowest BCUT2D eigenvalue weighted by atomic mass is 10.1. The Bertz CT molecular complexity index is 743. The van der Waals surface area contributed by atoms with Crippen LogP contribution in [-0.4, -0.2) is 59.9 Å². The van der Waals surface area contributed by atoms with E-state index in [1.807, 2.05) is 30.3 Å². The highest BCUT2D eigenvalue weighted by Crippen LogP contribution is 2.12. The van der Waals surface area contributed by atoms with Crippen LogP contribution in [0.1, 0.15) is 26.3 Å². The minimum Gasteiger partial charge on any atom is -0.378 e. The predicted octanol–water partition coefficient (Wildman–Crippen LogP) is 1.83. The van der Waals surface area contributed by atoms with Crippen molar-refractivity contribution in [2.75, 3.05) is 33.4 Å². The number of carbonyl (C=O) groups excluding carboxylic acids is 2. The van der Waals surface area contributed by atoms with Gasteiger partial charge in [0.25, 0.3) is 11.8 Å². The summed E-state index contributed by atoms with van der Waals surface area (Å²) in [5.74, 6) is -0.274. The van der Waals surface area contributed by atoms with Crippen molar-refractivity contribution in [3.8, 4) is 0 Å². The zero-order chi connectivity index (χ0) is 17.6. The Hall–Kier alpha value is -2.73. The van der Waals surface area contributed by atoms with Gasteiger partial charge >= 0.3 is 0 Å². The van der Waals surface area contributed by atoms with Crippen molar-refractivity contribution in [1.29, 1.82) is 0 Å². The van der Waals surface area contributed by atoms with Crippen molar-refractivity contribution in [1.82, 2.24) is 14.8 Å². The summed E-state index contributed by atoms with van der Waals surface area (Å²) in [7, 11) is 1.74. The number of pyridine rings is 1. The van der Waals surface area contributed by atoms with E-state index in [0.29, 0.717) is 44.0 Å². The standard InChI is InChI=1S/C19H21N3O3/c1-21(14-15-5-3-2-4-6-15)18(23)16-11-17(13-20-12-16)19(24)22-7-9-25-10-8-22/h2-6,11-13H,7-10,14H2,1H3. The zero-order valence-corrected chi connectivity index (χ0v) is 14.2. The van der Waals surface area contributed by atoms with Crippen LogP contribution in [-0.2, 0) is 11.3 Å². The first-order valence-corrected chi connectivity index (χ1v) is 8.26. The molecule has 1 aromatic heterocycles. The minimum atomic E-state index is -0.159. The number of aromatic nitrogens is 1. The molecule has 3 rings (SSSR count). The first-order valence-electron chi connectivity index (χ1n) is 8.26. The molecule has 1 aliphatic heterocycles. The second kappa shape index (κ2) is 7.90.